The van der Waals surface area contributed by atoms with Crippen LogP contribution in [0.1, 0.15) is 46.5 Å². The minimum atomic E-state index is -0.209. The summed E-state index contributed by atoms with van der Waals surface area (Å²) in [6, 6.07) is 9.60. The fourth-order valence-electron chi connectivity index (χ4n) is 3.31. The normalized spacial score (nSPS) is 10.8. The van der Waals surface area contributed by atoms with Gasteiger partial charge in [-0.3, -0.25) is 19.7 Å². The van der Waals surface area contributed by atoms with Crippen molar-refractivity contribution >= 4 is 5.91 Å². The summed E-state index contributed by atoms with van der Waals surface area (Å²) in [6.07, 6.45) is 8.44. The van der Waals surface area contributed by atoms with Crippen LogP contribution in [0.2, 0.25) is 0 Å². The van der Waals surface area contributed by atoms with Gasteiger partial charge in [0, 0.05) is 29.9 Å². The van der Waals surface area contributed by atoms with Gasteiger partial charge in [-0.25, -0.2) is 9.67 Å². The topological polar surface area (TPSA) is 98.5 Å². The number of nitrogens with one attached hydrogen (secondary N) is 1. The van der Waals surface area contributed by atoms with Gasteiger partial charge in [0.1, 0.15) is 12.2 Å². The summed E-state index contributed by atoms with van der Waals surface area (Å²) in [5.74, 6) is 0.641. The van der Waals surface area contributed by atoms with E-state index in [1.165, 1.54) is 6.33 Å². The largest absolute Gasteiger partial charge is 0.346 e. The van der Waals surface area contributed by atoms with Gasteiger partial charge in [0.15, 0.2) is 0 Å². The second-order valence-electron chi connectivity index (χ2n) is 7.66. The van der Waals surface area contributed by atoms with Crippen molar-refractivity contribution in [3.05, 3.63) is 83.6 Å². The number of carbonyl (C=O) groups excluding carboxylic acids is 1. The van der Waals surface area contributed by atoms with E-state index in [4.69, 9.17) is 0 Å². The summed E-state index contributed by atoms with van der Waals surface area (Å²) in [5, 5.41) is 7.32. The lowest BCUT2D eigenvalue weighted by molar-refractivity contribution is 0.0950. The summed E-state index contributed by atoms with van der Waals surface area (Å²) >= 11 is 0. The molecule has 0 aliphatic heterocycles. The zero-order chi connectivity index (χ0) is 22.5. The number of amides is 1. The standard InChI is InChI=1S/C24H25N7O/c1-4-5-23-29-15-30-31(23)21-9-18(22-7-6-16(2)11-27-22)8-19(10-21)24(32)28-14-20-13-25-17(3)12-26-20/h6-13,15H,4-5,14H2,1-3H3,(H,28,32). The summed E-state index contributed by atoms with van der Waals surface area (Å²) in [7, 11) is 0. The maximum Gasteiger partial charge on any atom is 0.251 e. The third-order valence-electron chi connectivity index (χ3n) is 4.99. The summed E-state index contributed by atoms with van der Waals surface area (Å²) < 4.78 is 1.78. The maximum atomic E-state index is 13.0. The Morgan fingerprint density at radius 1 is 1.00 bits per heavy atom. The van der Waals surface area contributed by atoms with E-state index in [1.807, 2.05) is 50.4 Å². The van der Waals surface area contributed by atoms with E-state index in [9.17, 15) is 4.79 Å². The lowest BCUT2D eigenvalue weighted by atomic mass is 10.0. The summed E-state index contributed by atoms with van der Waals surface area (Å²) in [4.78, 5) is 30.5. The molecule has 1 amide bonds. The van der Waals surface area contributed by atoms with E-state index in [-0.39, 0.29) is 5.91 Å². The third-order valence-corrected chi connectivity index (χ3v) is 4.99. The van der Waals surface area contributed by atoms with E-state index >= 15 is 0 Å². The maximum absolute atomic E-state index is 13.0. The molecule has 32 heavy (non-hydrogen) atoms. The first-order valence-electron chi connectivity index (χ1n) is 10.6. The van der Waals surface area contributed by atoms with Crippen LogP contribution in [0.25, 0.3) is 16.9 Å². The number of hydrogen-bond acceptors (Lipinski definition) is 6. The Labute approximate surface area is 186 Å². The molecular formula is C24H25N7O. The van der Waals surface area contributed by atoms with Crippen LogP contribution in [0.5, 0.6) is 0 Å². The highest BCUT2D eigenvalue weighted by Crippen LogP contribution is 2.24. The van der Waals surface area contributed by atoms with Gasteiger partial charge in [-0.05, 0) is 50.1 Å². The Morgan fingerprint density at radius 3 is 2.59 bits per heavy atom. The molecule has 0 spiro atoms. The average molecular weight is 428 g/mol. The lowest BCUT2D eigenvalue weighted by Crippen LogP contribution is -2.23. The number of pyridine rings is 1. The third kappa shape index (κ3) is 4.85. The van der Waals surface area contributed by atoms with Gasteiger partial charge in [-0.15, -0.1) is 0 Å². The van der Waals surface area contributed by atoms with E-state index in [0.29, 0.717) is 17.8 Å². The van der Waals surface area contributed by atoms with Crippen molar-refractivity contribution < 1.29 is 4.79 Å². The van der Waals surface area contributed by atoms with Gasteiger partial charge in [0.2, 0.25) is 0 Å². The Kier molecular flexibility index (Phi) is 6.30. The second kappa shape index (κ2) is 9.47. The second-order valence-corrected chi connectivity index (χ2v) is 7.66. The van der Waals surface area contributed by atoms with Gasteiger partial charge in [-0.2, -0.15) is 5.10 Å². The summed E-state index contributed by atoms with van der Waals surface area (Å²) in [6.45, 7) is 6.25. The molecule has 162 valence electrons. The predicted molar refractivity (Wildman–Crippen MR) is 121 cm³/mol. The summed E-state index contributed by atoms with van der Waals surface area (Å²) in [5.41, 5.74) is 5.50. The van der Waals surface area contributed by atoms with Gasteiger partial charge in [0.05, 0.1) is 35.5 Å². The molecule has 0 fully saturated rings. The molecule has 0 atom stereocenters. The fourth-order valence-corrected chi connectivity index (χ4v) is 3.31. The molecule has 4 rings (SSSR count). The predicted octanol–water partition coefficient (Wildman–Crippen LogP) is 3.62. The molecule has 1 N–H and O–H groups in total. The van der Waals surface area contributed by atoms with Crippen molar-refractivity contribution in [3.63, 3.8) is 0 Å². The van der Waals surface area contributed by atoms with Gasteiger partial charge in [-0.1, -0.05) is 13.0 Å². The van der Waals surface area contributed by atoms with Crippen molar-refractivity contribution in [3.8, 4) is 16.9 Å². The first-order chi connectivity index (χ1) is 15.5. The molecule has 0 aliphatic rings. The number of aryl methyl sites for hydroxylation is 3. The smallest absolute Gasteiger partial charge is 0.251 e. The minimum absolute atomic E-state index is 0.209. The lowest BCUT2D eigenvalue weighted by Gasteiger charge is -2.12. The number of nitrogens with zero attached hydrogens (tertiary/aromatic N) is 6. The van der Waals surface area contributed by atoms with Crippen LogP contribution in [0.3, 0.4) is 0 Å². The van der Waals surface area contributed by atoms with Gasteiger partial charge < -0.3 is 5.32 Å². The van der Waals surface area contributed by atoms with Crippen molar-refractivity contribution in [2.45, 2.75) is 40.2 Å². The molecule has 0 saturated carbocycles. The van der Waals surface area contributed by atoms with E-state index < -0.39 is 0 Å². The highest BCUT2D eigenvalue weighted by atomic mass is 16.1. The molecule has 8 nitrogen and oxygen atoms in total. The number of benzene rings is 1. The molecule has 0 saturated heterocycles. The number of rotatable bonds is 7. The first-order valence-corrected chi connectivity index (χ1v) is 10.6. The average Bonchev–Trinajstić information content (AvgIpc) is 3.27. The molecule has 0 bridgehead atoms. The van der Waals surface area contributed by atoms with Crippen molar-refractivity contribution in [2.24, 2.45) is 0 Å². The highest BCUT2D eigenvalue weighted by Gasteiger charge is 2.14. The Balaban J connectivity index is 1.69. The molecule has 0 radical (unpaired) electrons. The van der Waals surface area contributed by atoms with Crippen LogP contribution in [0, 0.1) is 13.8 Å². The van der Waals surface area contributed by atoms with Crippen molar-refractivity contribution in [1.82, 2.24) is 35.0 Å². The van der Waals surface area contributed by atoms with Crippen LogP contribution >= 0.6 is 0 Å². The molecule has 3 heterocycles. The zero-order valence-corrected chi connectivity index (χ0v) is 18.4. The van der Waals surface area contributed by atoms with Crippen LogP contribution in [0.4, 0.5) is 0 Å². The molecule has 1 aromatic carbocycles. The number of hydrogen-bond donors (Lipinski definition) is 1. The van der Waals surface area contributed by atoms with Crippen LogP contribution in [-0.4, -0.2) is 35.6 Å². The van der Waals surface area contributed by atoms with Crippen LogP contribution < -0.4 is 5.32 Å². The van der Waals surface area contributed by atoms with Gasteiger partial charge in [0.25, 0.3) is 5.91 Å². The Morgan fingerprint density at radius 2 is 1.88 bits per heavy atom. The van der Waals surface area contributed by atoms with Crippen LogP contribution in [-0.2, 0) is 13.0 Å². The Hall–Kier alpha value is -3.94. The monoisotopic (exact) mass is 427 g/mol. The van der Waals surface area contributed by atoms with E-state index in [2.05, 4.69) is 37.3 Å². The zero-order valence-electron chi connectivity index (χ0n) is 18.4. The van der Waals surface area contributed by atoms with E-state index in [1.54, 1.807) is 17.1 Å². The Bertz CT molecular complexity index is 1210. The minimum Gasteiger partial charge on any atom is -0.346 e. The molecule has 4 aromatic rings. The molecule has 0 unspecified atom stereocenters. The fraction of sp³-hybridized carbons (Fsp3) is 0.250. The van der Waals surface area contributed by atoms with Crippen molar-refractivity contribution in [1.29, 1.82) is 0 Å². The highest BCUT2D eigenvalue weighted by molar-refractivity contribution is 5.96. The number of carbonyl (C=O) groups is 1. The number of aromatic nitrogens is 6. The van der Waals surface area contributed by atoms with Crippen LogP contribution in [0.15, 0.2) is 55.2 Å². The van der Waals surface area contributed by atoms with Crippen molar-refractivity contribution in [2.75, 3.05) is 0 Å². The molecule has 0 aliphatic carbocycles. The molecule has 8 heteroatoms. The SMILES string of the molecule is CCCc1ncnn1-c1cc(C(=O)NCc2cnc(C)cn2)cc(-c2ccc(C)cn2)c1. The van der Waals surface area contributed by atoms with Gasteiger partial charge >= 0.3 is 0 Å². The molecule has 3 aromatic heterocycles. The molecular weight excluding hydrogens is 402 g/mol. The van der Waals surface area contributed by atoms with E-state index in [0.717, 1.165) is 46.9 Å². The first kappa shape index (κ1) is 21.3. The quantitative estimate of drug-likeness (QED) is 0.484.